The van der Waals surface area contributed by atoms with Crippen LogP contribution in [0.3, 0.4) is 0 Å². The third-order valence-corrected chi connectivity index (χ3v) is 15.6. The van der Waals surface area contributed by atoms with Crippen LogP contribution >= 0.6 is 7.26 Å². The van der Waals surface area contributed by atoms with E-state index in [9.17, 15) is 0 Å². The van der Waals surface area contributed by atoms with Crippen LogP contribution in [0.5, 0.6) is 5.75 Å². The Hall–Kier alpha value is -3.69. The lowest BCUT2D eigenvalue weighted by Crippen LogP contribution is -2.45. The highest BCUT2D eigenvalue weighted by Crippen LogP contribution is 2.59. The van der Waals surface area contributed by atoms with Crippen LogP contribution in [0.4, 0.5) is 0 Å². The first-order chi connectivity index (χ1) is 24.7. The zero-order valence-corrected chi connectivity index (χ0v) is 36.2. The van der Waals surface area contributed by atoms with Gasteiger partial charge in [-0.2, -0.15) is 0 Å². The maximum absolute atomic E-state index is 8.66. The molecule has 0 bridgehead atoms. The molecule has 0 radical (unpaired) electrons. The third-order valence-electron chi connectivity index (χ3n) is 10.4. The van der Waals surface area contributed by atoms with E-state index in [1.807, 2.05) is 32.9 Å². The van der Waals surface area contributed by atoms with Crippen molar-refractivity contribution in [2.45, 2.75) is 123 Å². The van der Waals surface area contributed by atoms with Crippen molar-refractivity contribution < 1.29 is 14.7 Å². The first-order valence-corrected chi connectivity index (χ1v) is 20.9. The summed E-state index contributed by atoms with van der Waals surface area (Å²) >= 11 is 0. The van der Waals surface area contributed by atoms with Gasteiger partial charge in [0.1, 0.15) is 34.2 Å². The Bertz CT molecular complexity index is 1870. The Morgan fingerprint density at radius 1 is 0.415 bits per heavy atom. The minimum absolute atomic E-state index is 0.458. The molecular formula is C48H63BO3P+. The molecule has 0 aliphatic rings. The second-order valence-electron chi connectivity index (χ2n) is 16.3. The lowest BCUT2D eigenvalue weighted by atomic mass is 9.96. The van der Waals surface area contributed by atoms with Gasteiger partial charge in [-0.05, 0) is 163 Å². The summed E-state index contributed by atoms with van der Waals surface area (Å²) < 4.78 is 4.84. The molecule has 0 aromatic heterocycles. The summed E-state index contributed by atoms with van der Waals surface area (Å²) in [6.45, 7) is 36.0. The molecule has 0 fully saturated rings. The number of benzene rings is 5. The summed E-state index contributed by atoms with van der Waals surface area (Å²) in [6.07, 6.45) is 0. The predicted octanol–water partition coefficient (Wildman–Crippen LogP) is 10.3. The molecule has 0 aliphatic heterocycles. The molecule has 280 valence electrons. The van der Waals surface area contributed by atoms with Crippen molar-refractivity contribution in [3.63, 3.8) is 0 Å². The molecule has 0 unspecified atom stereocenters. The fraction of sp³-hybridized carbons (Fsp3) is 0.375. The summed E-state index contributed by atoms with van der Waals surface area (Å²) in [5.74, 6) is 1.46. The van der Waals surface area contributed by atoms with Gasteiger partial charge in [-0.1, -0.05) is 105 Å². The molecule has 0 amide bonds. The maximum Gasteiger partial charge on any atom is 0.707 e. The van der Waals surface area contributed by atoms with Crippen LogP contribution in [0.25, 0.3) is 0 Å². The zero-order chi connectivity index (χ0) is 39.7. The van der Waals surface area contributed by atoms with Crippen LogP contribution in [0.1, 0.15) is 117 Å². The quantitative estimate of drug-likeness (QED) is 0.124. The van der Waals surface area contributed by atoms with Gasteiger partial charge in [0.25, 0.3) is 0 Å². The van der Waals surface area contributed by atoms with E-state index in [4.69, 9.17) is 14.7 Å². The van der Waals surface area contributed by atoms with Crippen LogP contribution in [-0.4, -0.2) is 17.4 Å². The molecule has 0 atom stereocenters. The van der Waals surface area contributed by atoms with Gasteiger partial charge in [0.2, 0.25) is 0 Å². The highest BCUT2D eigenvalue weighted by atomic mass is 31.2. The Kier molecular flexibility index (Phi) is 13.3. The van der Waals surface area contributed by atoms with Gasteiger partial charge in [0.15, 0.2) is 0 Å². The molecule has 5 aromatic carbocycles. The van der Waals surface area contributed by atoms with Crippen LogP contribution in [0.15, 0.2) is 66.7 Å². The Balaban J connectivity index is 0.000000407. The molecule has 5 heteroatoms. The van der Waals surface area contributed by atoms with Gasteiger partial charge in [0.05, 0.1) is 0 Å². The van der Waals surface area contributed by atoms with Gasteiger partial charge < -0.3 is 14.7 Å². The van der Waals surface area contributed by atoms with Gasteiger partial charge in [-0.3, -0.25) is 0 Å². The minimum atomic E-state index is -2.32. The molecule has 53 heavy (non-hydrogen) atoms. The average Bonchev–Trinajstić information content (AvgIpc) is 3.01. The van der Waals surface area contributed by atoms with E-state index in [0.29, 0.717) is 17.6 Å². The molecule has 0 saturated heterocycles. The van der Waals surface area contributed by atoms with E-state index >= 15 is 0 Å². The van der Waals surface area contributed by atoms with E-state index < -0.39 is 14.6 Å². The highest BCUT2D eigenvalue weighted by Gasteiger charge is 2.53. The van der Waals surface area contributed by atoms with Crippen molar-refractivity contribution >= 4 is 35.8 Å². The van der Waals surface area contributed by atoms with Gasteiger partial charge >= 0.3 is 7.32 Å². The molecule has 0 saturated carbocycles. The summed E-state index contributed by atoms with van der Waals surface area (Å²) in [6, 6.07) is 26.0. The molecular weight excluding hydrogens is 666 g/mol. The number of aryl methyl sites for hydroxylation is 12. The Labute approximate surface area is 322 Å². The summed E-state index contributed by atoms with van der Waals surface area (Å²) in [7, 11) is -4.07. The topological polar surface area (TPSA) is 49.7 Å². The van der Waals surface area contributed by atoms with E-state index in [0.717, 1.165) is 16.7 Å². The zero-order valence-electron chi connectivity index (χ0n) is 35.3. The monoisotopic (exact) mass is 729 g/mol. The molecule has 0 spiro atoms. The molecule has 5 rings (SSSR count). The number of hydrogen-bond acceptors (Lipinski definition) is 3. The normalized spacial score (nSPS) is 11.5. The fourth-order valence-electron chi connectivity index (χ4n) is 8.80. The van der Waals surface area contributed by atoms with Crippen LogP contribution in [0, 0.1) is 83.1 Å². The van der Waals surface area contributed by atoms with Crippen molar-refractivity contribution in [1.29, 1.82) is 0 Å². The molecule has 5 aromatic rings. The minimum Gasteiger partial charge on any atom is -0.512 e. The second kappa shape index (κ2) is 16.8. The third kappa shape index (κ3) is 8.83. The number of hydrogen-bond donors (Lipinski definition) is 2. The Morgan fingerprint density at radius 3 is 0.925 bits per heavy atom. The number of rotatable bonds is 8. The van der Waals surface area contributed by atoms with E-state index in [1.54, 1.807) is 15.9 Å². The first-order valence-electron chi connectivity index (χ1n) is 19.1. The Morgan fingerprint density at radius 2 is 0.679 bits per heavy atom. The average molecular weight is 730 g/mol. The van der Waals surface area contributed by atoms with Gasteiger partial charge in [-0.25, -0.2) is 0 Å². The van der Waals surface area contributed by atoms with Crippen molar-refractivity contribution in [2.75, 3.05) is 0 Å². The molecule has 0 aliphatic carbocycles. The van der Waals surface area contributed by atoms with Crippen molar-refractivity contribution in [2.24, 2.45) is 0 Å². The lowest BCUT2D eigenvalue weighted by molar-refractivity contribution is 0.286. The van der Waals surface area contributed by atoms with Crippen LogP contribution in [-0.2, 0) is 0 Å². The summed E-state index contributed by atoms with van der Waals surface area (Å²) in [4.78, 5) is 0. The van der Waals surface area contributed by atoms with Crippen LogP contribution < -0.4 is 25.9 Å². The van der Waals surface area contributed by atoms with Gasteiger partial charge in [0, 0.05) is 0 Å². The van der Waals surface area contributed by atoms with E-state index in [-0.39, 0.29) is 0 Å². The highest BCUT2D eigenvalue weighted by molar-refractivity contribution is 8.02. The molecule has 0 heterocycles. The van der Waals surface area contributed by atoms with Crippen molar-refractivity contribution in [3.8, 4) is 5.75 Å². The predicted molar refractivity (Wildman–Crippen MR) is 234 cm³/mol. The van der Waals surface area contributed by atoms with Gasteiger partial charge in [-0.15, -0.1) is 0 Å². The second-order valence-corrected chi connectivity index (χ2v) is 19.5. The molecule has 2 N–H and O–H groups in total. The fourth-order valence-corrected chi connectivity index (χ4v) is 14.5. The summed E-state index contributed by atoms with van der Waals surface area (Å²) in [5, 5.41) is 23.4. The van der Waals surface area contributed by atoms with Crippen LogP contribution in [0.2, 0.25) is 0 Å². The first kappa shape index (κ1) is 42.1. The lowest BCUT2D eigenvalue weighted by Gasteiger charge is -2.35. The standard InChI is InChI=1S/C39H50P.C9H13BO3/c1-23(2)34-20-35(24(3)4)22-36(21-34)40(37-28(8)14-25(5)15-29(37)9,38-30(10)16-26(6)17-31(38)11)39-32(12)18-27(7)19-33(39)13;1-6-4-7(2)9(8(3)5-6)13-10(11)12/h14-24H,1-13H3;4-5,11-12H,1-3H3/q+1;. The summed E-state index contributed by atoms with van der Waals surface area (Å²) in [5.41, 5.74) is 18.3. The van der Waals surface area contributed by atoms with E-state index in [2.05, 4.69) is 145 Å². The van der Waals surface area contributed by atoms with E-state index in [1.165, 1.54) is 66.5 Å². The molecule has 3 nitrogen and oxygen atoms in total. The largest absolute Gasteiger partial charge is 0.707 e. The SMILES string of the molecule is Cc1cc(C)c(OB(O)O)c(C)c1.Cc1cc(C)c([P+](c2cc(C(C)C)cc(C(C)C)c2)(c2c(C)cc(C)cc2C)c2c(C)cc(C)cc2C)c(C)c1. The maximum atomic E-state index is 8.66. The smallest absolute Gasteiger partial charge is 0.512 e. The van der Waals surface area contributed by atoms with Crippen molar-refractivity contribution in [1.82, 2.24) is 0 Å². The van der Waals surface area contributed by atoms with Crippen molar-refractivity contribution in [3.05, 3.63) is 145 Å².